The largest absolute Gasteiger partial charge is 0.483 e. The summed E-state index contributed by atoms with van der Waals surface area (Å²) in [6.45, 7) is -0.348. The number of rotatable bonds is 1. The Kier molecular flexibility index (Phi) is 2.87. The van der Waals surface area contributed by atoms with Gasteiger partial charge < -0.3 is 14.2 Å². The summed E-state index contributed by atoms with van der Waals surface area (Å²) in [5, 5.41) is 0. The fourth-order valence-electron chi connectivity index (χ4n) is 0.873. The van der Waals surface area contributed by atoms with Crippen molar-refractivity contribution in [1.82, 2.24) is 0 Å². The van der Waals surface area contributed by atoms with Crippen molar-refractivity contribution in [1.29, 1.82) is 0 Å². The van der Waals surface area contributed by atoms with Crippen LogP contribution in [0.25, 0.3) is 0 Å². The number of carbonyl (C=O) groups excluding carboxylic acids is 1. The van der Waals surface area contributed by atoms with Crippen LogP contribution in [0.4, 0.5) is 13.2 Å². The highest BCUT2D eigenvalue weighted by molar-refractivity contribution is 5.87. The second-order valence-corrected chi connectivity index (χ2v) is 2.34. The summed E-state index contributed by atoms with van der Waals surface area (Å²) in [6, 6.07) is 0. The molecule has 0 bridgehead atoms. The Bertz CT molecular complexity index is 269. The third-order valence-corrected chi connectivity index (χ3v) is 1.41. The van der Waals surface area contributed by atoms with Gasteiger partial charge in [-0.2, -0.15) is 13.2 Å². The first-order valence-electron chi connectivity index (χ1n) is 3.62. The van der Waals surface area contributed by atoms with Crippen molar-refractivity contribution in [2.24, 2.45) is 0 Å². The van der Waals surface area contributed by atoms with Crippen LogP contribution in [-0.2, 0) is 19.0 Å². The molecule has 4 nitrogen and oxygen atoms in total. The first-order valence-corrected chi connectivity index (χ1v) is 3.62. The molecule has 1 heterocycles. The molecule has 80 valence electrons. The number of carbonyl (C=O) groups is 1. The zero-order valence-corrected chi connectivity index (χ0v) is 7.18. The van der Waals surface area contributed by atoms with Gasteiger partial charge in [0, 0.05) is 0 Å². The van der Waals surface area contributed by atoms with Gasteiger partial charge in [-0.1, -0.05) is 0 Å². The molecule has 0 fully saturated rings. The van der Waals surface area contributed by atoms with E-state index < -0.39 is 23.7 Å². The summed E-state index contributed by atoms with van der Waals surface area (Å²) in [6.07, 6.45) is -4.75. The molecule has 0 amide bonds. The minimum atomic E-state index is -4.75. The molecule has 1 aliphatic rings. The second-order valence-electron chi connectivity index (χ2n) is 2.34. The smallest absolute Gasteiger partial charge is 0.453 e. The lowest BCUT2D eigenvalue weighted by atomic mass is 10.3. The zero-order valence-electron chi connectivity index (χ0n) is 7.18. The number of allylic oxidation sites excluding steroid dienone is 1. The maximum Gasteiger partial charge on any atom is 0.453 e. The lowest BCUT2D eigenvalue weighted by Gasteiger charge is -2.21. The van der Waals surface area contributed by atoms with Gasteiger partial charge in [-0.3, -0.25) is 0 Å². The van der Waals surface area contributed by atoms with Gasteiger partial charge in [0.05, 0.1) is 7.11 Å². The van der Waals surface area contributed by atoms with Crippen LogP contribution in [0.3, 0.4) is 0 Å². The lowest BCUT2D eigenvalue weighted by Crippen LogP contribution is -2.28. The topological polar surface area (TPSA) is 44.8 Å². The van der Waals surface area contributed by atoms with Gasteiger partial charge >= 0.3 is 12.1 Å². The monoisotopic (exact) mass is 212 g/mol. The van der Waals surface area contributed by atoms with E-state index in [2.05, 4.69) is 14.2 Å². The molecular formula is C7H7F3O4. The molecule has 7 heteroatoms. The summed E-state index contributed by atoms with van der Waals surface area (Å²) < 4.78 is 49.6. The average molecular weight is 212 g/mol. The molecule has 0 spiro atoms. The van der Waals surface area contributed by atoms with E-state index in [4.69, 9.17) is 0 Å². The molecule has 1 rings (SSSR count). The van der Waals surface area contributed by atoms with E-state index in [1.54, 1.807) is 0 Å². The Morgan fingerprint density at radius 3 is 2.43 bits per heavy atom. The number of ether oxygens (including phenoxy) is 3. The van der Waals surface area contributed by atoms with E-state index in [1.165, 1.54) is 0 Å². The number of halogens is 3. The number of alkyl halides is 3. The molecule has 0 aromatic heterocycles. The van der Waals surface area contributed by atoms with Crippen LogP contribution < -0.4 is 0 Å². The van der Waals surface area contributed by atoms with Gasteiger partial charge in [-0.05, 0) is 0 Å². The first-order chi connectivity index (χ1) is 6.46. The molecule has 0 atom stereocenters. The van der Waals surface area contributed by atoms with Crippen molar-refractivity contribution in [3.05, 3.63) is 11.5 Å². The minimum absolute atomic E-state index is 0.107. The van der Waals surface area contributed by atoms with Gasteiger partial charge in [-0.15, -0.1) is 0 Å². The zero-order chi connectivity index (χ0) is 10.8. The fourth-order valence-corrected chi connectivity index (χ4v) is 0.873. The number of hydrogen-bond acceptors (Lipinski definition) is 4. The third kappa shape index (κ3) is 2.09. The molecule has 0 aliphatic carbocycles. The first kappa shape index (κ1) is 10.7. The van der Waals surface area contributed by atoms with E-state index in [1.807, 2.05) is 0 Å². The molecule has 0 aromatic carbocycles. The molecule has 0 saturated carbocycles. The SMILES string of the molecule is COC(=O)C1=C(C(F)(F)F)OCCO1. The van der Waals surface area contributed by atoms with Gasteiger partial charge in [-0.25, -0.2) is 4.79 Å². The fraction of sp³-hybridized carbons (Fsp3) is 0.571. The van der Waals surface area contributed by atoms with E-state index in [-0.39, 0.29) is 13.2 Å². The van der Waals surface area contributed by atoms with Crippen LogP contribution in [-0.4, -0.2) is 32.5 Å². The van der Waals surface area contributed by atoms with E-state index in [0.29, 0.717) is 0 Å². The van der Waals surface area contributed by atoms with Crippen LogP contribution in [0.5, 0.6) is 0 Å². The number of methoxy groups -OCH3 is 1. The van der Waals surface area contributed by atoms with Crippen LogP contribution >= 0.6 is 0 Å². The summed E-state index contributed by atoms with van der Waals surface area (Å²) in [7, 11) is 0.960. The molecule has 0 saturated heterocycles. The quantitative estimate of drug-likeness (QED) is 0.608. The predicted octanol–water partition coefficient (Wildman–Crippen LogP) is 0.980. The van der Waals surface area contributed by atoms with Crippen molar-refractivity contribution >= 4 is 5.97 Å². The second kappa shape index (κ2) is 3.77. The lowest BCUT2D eigenvalue weighted by molar-refractivity contribution is -0.160. The Hall–Kier alpha value is -1.40. The normalized spacial score (nSPS) is 17.1. The predicted molar refractivity (Wildman–Crippen MR) is 37.0 cm³/mol. The number of esters is 1. The van der Waals surface area contributed by atoms with Crippen LogP contribution in [0.1, 0.15) is 0 Å². The Morgan fingerprint density at radius 2 is 1.93 bits per heavy atom. The van der Waals surface area contributed by atoms with Crippen molar-refractivity contribution in [2.45, 2.75) is 6.18 Å². The molecule has 0 N–H and O–H groups in total. The molecule has 1 aliphatic heterocycles. The van der Waals surface area contributed by atoms with Crippen molar-refractivity contribution in [3.8, 4) is 0 Å². The highest BCUT2D eigenvalue weighted by atomic mass is 19.4. The molecule has 0 unspecified atom stereocenters. The highest BCUT2D eigenvalue weighted by Gasteiger charge is 2.43. The number of hydrogen-bond donors (Lipinski definition) is 0. The Balaban J connectivity index is 3.03. The van der Waals surface area contributed by atoms with Gasteiger partial charge in [0.15, 0.2) is 0 Å². The molecular weight excluding hydrogens is 205 g/mol. The van der Waals surface area contributed by atoms with Crippen molar-refractivity contribution in [2.75, 3.05) is 20.3 Å². The molecule has 14 heavy (non-hydrogen) atoms. The summed E-state index contributed by atoms with van der Waals surface area (Å²) in [5.74, 6) is -3.56. The summed E-state index contributed by atoms with van der Waals surface area (Å²) in [5.41, 5.74) is 0. The van der Waals surface area contributed by atoms with E-state index in [0.717, 1.165) is 7.11 Å². The Labute approximate surface area is 77.2 Å². The average Bonchev–Trinajstić information content (AvgIpc) is 2.15. The molecule has 0 radical (unpaired) electrons. The minimum Gasteiger partial charge on any atom is -0.483 e. The van der Waals surface area contributed by atoms with Crippen molar-refractivity contribution in [3.63, 3.8) is 0 Å². The van der Waals surface area contributed by atoms with E-state index >= 15 is 0 Å². The summed E-state index contributed by atoms with van der Waals surface area (Å²) in [4.78, 5) is 10.8. The maximum absolute atomic E-state index is 12.2. The van der Waals surface area contributed by atoms with Crippen molar-refractivity contribution < 1.29 is 32.2 Å². The summed E-state index contributed by atoms with van der Waals surface area (Å²) >= 11 is 0. The van der Waals surface area contributed by atoms with Gasteiger partial charge in [0.1, 0.15) is 13.2 Å². The van der Waals surface area contributed by atoms with Gasteiger partial charge in [0.25, 0.3) is 11.5 Å². The third-order valence-electron chi connectivity index (χ3n) is 1.41. The van der Waals surface area contributed by atoms with Gasteiger partial charge in [0.2, 0.25) is 0 Å². The van der Waals surface area contributed by atoms with Crippen LogP contribution in [0, 0.1) is 0 Å². The van der Waals surface area contributed by atoms with E-state index in [9.17, 15) is 18.0 Å². The van der Waals surface area contributed by atoms with Crippen LogP contribution in [0.2, 0.25) is 0 Å². The maximum atomic E-state index is 12.2. The van der Waals surface area contributed by atoms with Crippen LogP contribution in [0.15, 0.2) is 11.5 Å². The Morgan fingerprint density at radius 1 is 1.36 bits per heavy atom. The molecule has 0 aromatic rings. The standard InChI is InChI=1S/C7H7F3O4/c1-12-6(11)4-5(7(8,9)10)14-3-2-13-4/h2-3H2,1H3. The highest BCUT2D eigenvalue weighted by Crippen LogP contribution is 2.31.